The summed E-state index contributed by atoms with van der Waals surface area (Å²) in [4.78, 5) is 24.1. The van der Waals surface area contributed by atoms with Crippen molar-refractivity contribution in [2.75, 3.05) is 5.75 Å². The van der Waals surface area contributed by atoms with Crippen molar-refractivity contribution in [3.8, 4) is 5.69 Å². The average Bonchev–Trinajstić information content (AvgIpc) is 3.15. The Balaban J connectivity index is 1.61. The molecule has 27 heavy (non-hydrogen) atoms. The second-order valence-corrected chi connectivity index (χ2v) is 7.09. The standard InChI is InChI=1S/C19H19N5O2S/c1-13(2)14-8-10-16(11-9-14)24-19(21-22-23-24)27-12-17(25)20-18(26)15-6-4-3-5-7-15/h3-11,13H,12H2,1-2H3,(H,20,25,26). The monoisotopic (exact) mass is 381 g/mol. The Morgan fingerprint density at radius 3 is 2.44 bits per heavy atom. The molecule has 2 amide bonds. The van der Waals surface area contributed by atoms with E-state index in [0.717, 1.165) is 5.69 Å². The van der Waals surface area contributed by atoms with E-state index in [9.17, 15) is 9.59 Å². The Morgan fingerprint density at radius 2 is 1.78 bits per heavy atom. The van der Waals surface area contributed by atoms with E-state index < -0.39 is 11.8 Å². The van der Waals surface area contributed by atoms with Crippen molar-refractivity contribution in [1.29, 1.82) is 0 Å². The van der Waals surface area contributed by atoms with Crippen molar-refractivity contribution in [3.05, 3.63) is 65.7 Å². The van der Waals surface area contributed by atoms with Crippen LogP contribution >= 0.6 is 11.8 Å². The molecule has 0 unspecified atom stereocenters. The molecule has 138 valence electrons. The molecule has 8 heteroatoms. The van der Waals surface area contributed by atoms with Gasteiger partial charge in [-0.1, -0.05) is 55.9 Å². The van der Waals surface area contributed by atoms with Gasteiger partial charge < -0.3 is 0 Å². The quantitative estimate of drug-likeness (QED) is 0.661. The molecule has 0 spiro atoms. The number of carbonyl (C=O) groups is 2. The van der Waals surface area contributed by atoms with Crippen LogP contribution in [0.25, 0.3) is 5.69 Å². The Bertz CT molecular complexity index is 923. The molecular formula is C19H19N5O2S. The van der Waals surface area contributed by atoms with Crippen LogP contribution in [-0.2, 0) is 4.79 Å². The molecule has 0 fully saturated rings. The Kier molecular flexibility index (Phi) is 5.97. The van der Waals surface area contributed by atoms with E-state index in [0.29, 0.717) is 16.6 Å². The molecule has 0 aliphatic carbocycles. The number of rotatable bonds is 6. The van der Waals surface area contributed by atoms with Gasteiger partial charge in [0.2, 0.25) is 11.1 Å². The molecule has 0 bridgehead atoms. The van der Waals surface area contributed by atoms with E-state index in [4.69, 9.17) is 0 Å². The summed E-state index contributed by atoms with van der Waals surface area (Å²) in [6.07, 6.45) is 0. The van der Waals surface area contributed by atoms with Crippen molar-refractivity contribution in [1.82, 2.24) is 25.5 Å². The number of nitrogens with zero attached hydrogens (tertiary/aromatic N) is 4. The topological polar surface area (TPSA) is 89.8 Å². The number of carbonyl (C=O) groups excluding carboxylic acids is 2. The number of tetrazole rings is 1. The van der Waals surface area contributed by atoms with Crippen LogP contribution in [0.4, 0.5) is 0 Å². The van der Waals surface area contributed by atoms with Crippen LogP contribution in [0.5, 0.6) is 0 Å². The third-order valence-corrected chi connectivity index (χ3v) is 4.79. The minimum atomic E-state index is -0.426. The first kappa shape index (κ1) is 18.8. The zero-order chi connectivity index (χ0) is 19.2. The molecule has 0 aliphatic rings. The van der Waals surface area contributed by atoms with Crippen LogP contribution in [0.3, 0.4) is 0 Å². The summed E-state index contributed by atoms with van der Waals surface area (Å²) in [5.41, 5.74) is 2.47. The van der Waals surface area contributed by atoms with Gasteiger partial charge in [0.25, 0.3) is 5.91 Å². The molecule has 0 saturated heterocycles. The molecule has 1 heterocycles. The summed E-state index contributed by atoms with van der Waals surface area (Å²) >= 11 is 1.17. The maximum Gasteiger partial charge on any atom is 0.257 e. The molecule has 3 rings (SSSR count). The Hall–Kier alpha value is -3.00. The lowest BCUT2D eigenvalue weighted by molar-refractivity contribution is -0.117. The maximum absolute atomic E-state index is 12.1. The van der Waals surface area contributed by atoms with Gasteiger partial charge in [0.15, 0.2) is 0 Å². The largest absolute Gasteiger partial charge is 0.292 e. The van der Waals surface area contributed by atoms with Crippen molar-refractivity contribution < 1.29 is 9.59 Å². The third kappa shape index (κ3) is 4.79. The molecule has 1 aromatic heterocycles. The molecule has 0 saturated carbocycles. The highest BCUT2D eigenvalue weighted by molar-refractivity contribution is 7.99. The number of hydrogen-bond acceptors (Lipinski definition) is 6. The zero-order valence-corrected chi connectivity index (χ0v) is 15.8. The molecule has 0 atom stereocenters. The molecule has 0 radical (unpaired) electrons. The zero-order valence-electron chi connectivity index (χ0n) is 15.0. The predicted molar refractivity (Wildman–Crippen MR) is 103 cm³/mol. The highest BCUT2D eigenvalue weighted by Gasteiger charge is 2.14. The Labute approximate surface area is 161 Å². The van der Waals surface area contributed by atoms with Crippen LogP contribution in [0, 0.1) is 0 Å². The summed E-state index contributed by atoms with van der Waals surface area (Å²) in [5, 5.41) is 14.5. The minimum Gasteiger partial charge on any atom is -0.292 e. The number of benzene rings is 2. The van der Waals surface area contributed by atoms with Gasteiger partial charge in [-0.25, -0.2) is 0 Å². The Morgan fingerprint density at radius 1 is 1.07 bits per heavy atom. The molecule has 3 aromatic rings. The molecule has 1 N–H and O–H groups in total. The summed E-state index contributed by atoms with van der Waals surface area (Å²) in [6, 6.07) is 16.5. The fourth-order valence-corrected chi connectivity index (χ4v) is 3.08. The van der Waals surface area contributed by atoms with Gasteiger partial charge in [-0.15, -0.1) is 5.10 Å². The molecule has 7 nitrogen and oxygen atoms in total. The van der Waals surface area contributed by atoms with Gasteiger partial charge in [0.05, 0.1) is 11.4 Å². The predicted octanol–water partition coefficient (Wildman–Crippen LogP) is 2.83. The fourth-order valence-electron chi connectivity index (χ4n) is 2.39. The lowest BCUT2D eigenvalue weighted by Gasteiger charge is -2.08. The van der Waals surface area contributed by atoms with Crippen LogP contribution in [0.1, 0.15) is 35.7 Å². The number of nitrogens with one attached hydrogen (secondary N) is 1. The molecule has 0 aliphatic heterocycles. The smallest absolute Gasteiger partial charge is 0.257 e. The summed E-state index contributed by atoms with van der Waals surface area (Å²) in [6.45, 7) is 4.26. The van der Waals surface area contributed by atoms with Gasteiger partial charge in [0, 0.05) is 5.56 Å². The van der Waals surface area contributed by atoms with Gasteiger partial charge in [-0.3, -0.25) is 14.9 Å². The number of aromatic nitrogens is 4. The van der Waals surface area contributed by atoms with Crippen molar-refractivity contribution >= 4 is 23.6 Å². The van der Waals surface area contributed by atoms with Crippen LogP contribution in [-0.4, -0.2) is 37.8 Å². The van der Waals surface area contributed by atoms with E-state index in [1.807, 2.05) is 30.3 Å². The minimum absolute atomic E-state index is 0.0308. The fraction of sp³-hybridized carbons (Fsp3) is 0.211. The van der Waals surface area contributed by atoms with Crippen molar-refractivity contribution in [3.63, 3.8) is 0 Å². The van der Waals surface area contributed by atoms with Gasteiger partial charge >= 0.3 is 0 Å². The van der Waals surface area contributed by atoms with Crippen molar-refractivity contribution in [2.24, 2.45) is 0 Å². The SMILES string of the molecule is CC(C)c1ccc(-n2nnnc2SCC(=O)NC(=O)c2ccccc2)cc1. The lowest BCUT2D eigenvalue weighted by Crippen LogP contribution is -2.31. The highest BCUT2D eigenvalue weighted by Crippen LogP contribution is 2.20. The average molecular weight is 381 g/mol. The van der Waals surface area contributed by atoms with E-state index in [2.05, 4.69) is 34.7 Å². The molecule has 2 aromatic carbocycles. The first-order chi connectivity index (χ1) is 13.0. The second kappa shape index (κ2) is 8.59. The number of imide groups is 1. The van der Waals surface area contributed by atoms with E-state index in [-0.39, 0.29) is 5.75 Å². The van der Waals surface area contributed by atoms with E-state index in [1.54, 1.807) is 28.9 Å². The molecular weight excluding hydrogens is 362 g/mol. The summed E-state index contributed by atoms with van der Waals surface area (Å²) in [7, 11) is 0. The summed E-state index contributed by atoms with van der Waals surface area (Å²) < 4.78 is 1.57. The maximum atomic E-state index is 12.1. The first-order valence-electron chi connectivity index (χ1n) is 8.45. The van der Waals surface area contributed by atoms with E-state index >= 15 is 0 Å². The number of thioether (sulfide) groups is 1. The first-order valence-corrected chi connectivity index (χ1v) is 9.44. The normalized spacial score (nSPS) is 10.8. The third-order valence-electron chi connectivity index (χ3n) is 3.87. The summed E-state index contributed by atoms with van der Waals surface area (Å²) in [5.74, 6) is -0.362. The lowest BCUT2D eigenvalue weighted by atomic mass is 10.0. The number of hydrogen-bond donors (Lipinski definition) is 1. The van der Waals surface area contributed by atoms with Crippen molar-refractivity contribution in [2.45, 2.75) is 24.9 Å². The van der Waals surface area contributed by atoms with Crippen LogP contribution < -0.4 is 5.32 Å². The van der Waals surface area contributed by atoms with Crippen LogP contribution in [0.15, 0.2) is 59.8 Å². The van der Waals surface area contributed by atoms with E-state index in [1.165, 1.54) is 17.3 Å². The van der Waals surface area contributed by atoms with Gasteiger partial charge in [-0.05, 0) is 46.2 Å². The van der Waals surface area contributed by atoms with Gasteiger partial charge in [-0.2, -0.15) is 4.68 Å². The number of amides is 2. The second-order valence-electron chi connectivity index (χ2n) is 6.15. The highest BCUT2D eigenvalue weighted by atomic mass is 32.2. The van der Waals surface area contributed by atoms with Gasteiger partial charge in [0.1, 0.15) is 0 Å². The van der Waals surface area contributed by atoms with Crippen LogP contribution in [0.2, 0.25) is 0 Å².